The molecule has 2 aromatic heterocycles. The van der Waals surface area contributed by atoms with Gasteiger partial charge in [-0.2, -0.15) is 0 Å². The van der Waals surface area contributed by atoms with Gasteiger partial charge in [-0.25, -0.2) is 14.8 Å². The molecule has 0 aliphatic carbocycles. The van der Waals surface area contributed by atoms with E-state index in [-0.39, 0.29) is 0 Å². The van der Waals surface area contributed by atoms with Crippen molar-refractivity contribution in [3.8, 4) is 0 Å². The summed E-state index contributed by atoms with van der Waals surface area (Å²) < 4.78 is 5.41. The van der Waals surface area contributed by atoms with Crippen LogP contribution in [-0.2, 0) is 11.3 Å². The van der Waals surface area contributed by atoms with Gasteiger partial charge < -0.3 is 19.6 Å². The fraction of sp³-hybridized carbons (Fsp3) is 0.526. The molecule has 2 aliphatic heterocycles. The Bertz CT molecular complexity index is 829. The normalized spacial score (nSPS) is 18.5. The fourth-order valence-corrected chi connectivity index (χ4v) is 4.66. The number of aromatic nitrogens is 2. The number of anilines is 2. The van der Waals surface area contributed by atoms with Crippen LogP contribution in [0.4, 0.5) is 10.9 Å². The standard InChI is InChI=1S/C19H25N5O3S/c1-14-2-3-20-17(16(14)18(25)26)23-6-4-22(5-7-23)13-15-12-21-19(28-15)24-8-10-27-11-9-24/h2-3,12H,4-11,13H2,1H3,(H,25,26). The number of carboxylic acids is 1. The molecule has 0 bridgehead atoms. The zero-order valence-electron chi connectivity index (χ0n) is 16.0. The Kier molecular flexibility index (Phi) is 5.74. The first-order valence-electron chi connectivity index (χ1n) is 9.55. The lowest BCUT2D eigenvalue weighted by Crippen LogP contribution is -2.46. The smallest absolute Gasteiger partial charge is 0.339 e. The summed E-state index contributed by atoms with van der Waals surface area (Å²) in [5.41, 5.74) is 1.06. The van der Waals surface area contributed by atoms with Crippen molar-refractivity contribution in [3.63, 3.8) is 0 Å². The van der Waals surface area contributed by atoms with E-state index in [0.29, 0.717) is 11.4 Å². The van der Waals surface area contributed by atoms with Gasteiger partial charge in [0, 0.05) is 63.1 Å². The molecule has 4 rings (SSSR count). The van der Waals surface area contributed by atoms with E-state index in [4.69, 9.17) is 4.74 Å². The molecule has 0 unspecified atom stereocenters. The molecule has 0 atom stereocenters. The topological polar surface area (TPSA) is 82.0 Å². The molecular weight excluding hydrogens is 378 g/mol. The molecule has 0 radical (unpaired) electrons. The minimum absolute atomic E-state index is 0.313. The number of aromatic carboxylic acids is 1. The summed E-state index contributed by atoms with van der Waals surface area (Å²) in [7, 11) is 0. The molecular formula is C19H25N5O3S. The first-order valence-corrected chi connectivity index (χ1v) is 10.4. The first-order chi connectivity index (χ1) is 13.6. The number of thiazole rings is 1. The van der Waals surface area contributed by atoms with E-state index in [0.717, 1.165) is 69.7 Å². The van der Waals surface area contributed by atoms with Gasteiger partial charge in [-0.05, 0) is 18.6 Å². The average Bonchev–Trinajstić information content (AvgIpc) is 3.17. The molecule has 9 heteroatoms. The summed E-state index contributed by atoms with van der Waals surface area (Å²) in [6.07, 6.45) is 3.67. The number of carbonyl (C=O) groups is 1. The second-order valence-corrected chi connectivity index (χ2v) is 8.20. The summed E-state index contributed by atoms with van der Waals surface area (Å²) in [4.78, 5) is 28.6. The van der Waals surface area contributed by atoms with Gasteiger partial charge in [-0.15, -0.1) is 11.3 Å². The first kappa shape index (κ1) is 19.1. The monoisotopic (exact) mass is 403 g/mol. The lowest BCUT2D eigenvalue weighted by Gasteiger charge is -2.35. The maximum absolute atomic E-state index is 11.6. The third-order valence-electron chi connectivity index (χ3n) is 5.23. The average molecular weight is 404 g/mol. The van der Waals surface area contributed by atoms with E-state index >= 15 is 0 Å². The third kappa shape index (κ3) is 4.11. The molecule has 0 spiro atoms. The van der Waals surface area contributed by atoms with Gasteiger partial charge in [0.15, 0.2) is 5.13 Å². The van der Waals surface area contributed by atoms with Crippen molar-refractivity contribution in [2.24, 2.45) is 0 Å². The number of nitrogens with zero attached hydrogens (tertiary/aromatic N) is 5. The molecule has 2 aliphatic rings. The van der Waals surface area contributed by atoms with Crippen LogP contribution in [0.1, 0.15) is 20.8 Å². The third-order valence-corrected chi connectivity index (χ3v) is 6.27. The van der Waals surface area contributed by atoms with Crippen molar-refractivity contribution < 1.29 is 14.6 Å². The number of piperazine rings is 1. The van der Waals surface area contributed by atoms with E-state index in [2.05, 4.69) is 24.7 Å². The van der Waals surface area contributed by atoms with E-state index in [1.54, 1.807) is 23.6 Å². The van der Waals surface area contributed by atoms with E-state index < -0.39 is 5.97 Å². The van der Waals surface area contributed by atoms with Crippen molar-refractivity contribution in [2.75, 3.05) is 62.3 Å². The number of carboxylic acid groups (broad SMARTS) is 1. The zero-order valence-corrected chi connectivity index (χ0v) is 16.8. The summed E-state index contributed by atoms with van der Waals surface area (Å²) in [6.45, 7) is 9.33. The highest BCUT2D eigenvalue weighted by Crippen LogP contribution is 2.26. The van der Waals surface area contributed by atoms with Crippen molar-refractivity contribution in [3.05, 3.63) is 34.5 Å². The fourth-order valence-electron chi connectivity index (χ4n) is 3.66. The van der Waals surface area contributed by atoms with Crippen LogP contribution in [0.2, 0.25) is 0 Å². The number of ether oxygens (including phenoxy) is 1. The van der Waals surface area contributed by atoms with Crippen molar-refractivity contribution in [1.29, 1.82) is 0 Å². The van der Waals surface area contributed by atoms with Gasteiger partial charge in [-0.3, -0.25) is 4.90 Å². The maximum atomic E-state index is 11.6. The van der Waals surface area contributed by atoms with Gasteiger partial charge in [0.25, 0.3) is 0 Å². The van der Waals surface area contributed by atoms with Crippen LogP contribution in [0.15, 0.2) is 18.5 Å². The van der Waals surface area contributed by atoms with Gasteiger partial charge in [0.2, 0.25) is 0 Å². The molecule has 2 saturated heterocycles. The molecule has 28 heavy (non-hydrogen) atoms. The van der Waals surface area contributed by atoms with Crippen LogP contribution < -0.4 is 9.80 Å². The number of aryl methyl sites for hydroxylation is 1. The Labute approximate surface area is 168 Å². The molecule has 0 amide bonds. The summed E-state index contributed by atoms with van der Waals surface area (Å²) in [5.74, 6) is -0.331. The Morgan fingerprint density at radius 2 is 1.89 bits per heavy atom. The highest BCUT2D eigenvalue weighted by Gasteiger charge is 2.24. The number of pyridine rings is 1. The number of morpholine rings is 1. The SMILES string of the molecule is Cc1ccnc(N2CCN(Cc3cnc(N4CCOCC4)s3)CC2)c1C(=O)O. The number of rotatable bonds is 5. The van der Waals surface area contributed by atoms with Crippen molar-refractivity contribution >= 4 is 28.3 Å². The zero-order chi connectivity index (χ0) is 19.5. The predicted octanol–water partition coefficient (Wildman–Crippen LogP) is 1.70. The largest absolute Gasteiger partial charge is 0.478 e. The maximum Gasteiger partial charge on any atom is 0.339 e. The van der Waals surface area contributed by atoms with E-state index in [9.17, 15) is 9.90 Å². The lowest BCUT2D eigenvalue weighted by molar-refractivity contribution is 0.0696. The highest BCUT2D eigenvalue weighted by atomic mass is 32.1. The van der Waals surface area contributed by atoms with Gasteiger partial charge in [0.05, 0.1) is 13.2 Å². The molecule has 150 valence electrons. The minimum Gasteiger partial charge on any atom is -0.478 e. The molecule has 4 heterocycles. The molecule has 2 aromatic rings. The van der Waals surface area contributed by atoms with Crippen LogP contribution in [0.3, 0.4) is 0 Å². The van der Waals surface area contributed by atoms with Crippen LogP contribution in [0.5, 0.6) is 0 Å². The van der Waals surface area contributed by atoms with Crippen molar-refractivity contribution in [1.82, 2.24) is 14.9 Å². The second kappa shape index (κ2) is 8.42. The summed E-state index contributed by atoms with van der Waals surface area (Å²) in [5, 5.41) is 10.6. The quantitative estimate of drug-likeness (QED) is 0.808. The van der Waals surface area contributed by atoms with Gasteiger partial charge in [0.1, 0.15) is 11.4 Å². The summed E-state index contributed by atoms with van der Waals surface area (Å²) in [6, 6.07) is 1.75. The Balaban J connectivity index is 1.36. The Morgan fingerprint density at radius 3 is 2.61 bits per heavy atom. The Morgan fingerprint density at radius 1 is 1.14 bits per heavy atom. The predicted molar refractivity (Wildman–Crippen MR) is 109 cm³/mol. The van der Waals surface area contributed by atoms with Gasteiger partial charge >= 0.3 is 5.97 Å². The molecule has 0 saturated carbocycles. The Hall–Kier alpha value is -2.23. The minimum atomic E-state index is -0.914. The summed E-state index contributed by atoms with van der Waals surface area (Å²) >= 11 is 1.75. The van der Waals surface area contributed by atoms with Crippen LogP contribution >= 0.6 is 11.3 Å². The lowest BCUT2D eigenvalue weighted by atomic mass is 10.1. The second-order valence-electron chi connectivity index (χ2n) is 7.10. The number of hydrogen-bond donors (Lipinski definition) is 1. The van der Waals surface area contributed by atoms with Gasteiger partial charge in [-0.1, -0.05) is 0 Å². The van der Waals surface area contributed by atoms with E-state index in [1.807, 2.05) is 13.1 Å². The molecule has 2 fully saturated rings. The molecule has 8 nitrogen and oxygen atoms in total. The molecule has 1 N–H and O–H groups in total. The number of hydrogen-bond acceptors (Lipinski definition) is 8. The van der Waals surface area contributed by atoms with Crippen LogP contribution in [0.25, 0.3) is 0 Å². The van der Waals surface area contributed by atoms with E-state index in [1.165, 1.54) is 4.88 Å². The van der Waals surface area contributed by atoms with Crippen LogP contribution in [-0.4, -0.2) is 78.4 Å². The van der Waals surface area contributed by atoms with Crippen LogP contribution in [0, 0.1) is 6.92 Å². The highest BCUT2D eigenvalue weighted by molar-refractivity contribution is 7.15. The molecule has 0 aromatic carbocycles. The van der Waals surface area contributed by atoms with Crippen molar-refractivity contribution in [2.45, 2.75) is 13.5 Å².